The van der Waals surface area contributed by atoms with Crippen molar-refractivity contribution in [1.82, 2.24) is 10.2 Å². The van der Waals surface area contributed by atoms with Crippen molar-refractivity contribution in [3.05, 3.63) is 0 Å². The highest BCUT2D eigenvalue weighted by molar-refractivity contribution is 7.99. The number of thioether (sulfide) groups is 1. The number of nitrogens with zero attached hydrogens (tertiary/aromatic N) is 1. The van der Waals surface area contributed by atoms with E-state index in [2.05, 4.69) is 12.2 Å². The van der Waals surface area contributed by atoms with Crippen LogP contribution >= 0.6 is 11.8 Å². The average Bonchev–Trinajstić information content (AvgIpc) is 2.48. The SMILES string of the molecule is CCCC1(C(=O)N2CCSCC2CC(=O)O)CCNCC1. The lowest BCUT2D eigenvalue weighted by molar-refractivity contribution is -0.148. The lowest BCUT2D eigenvalue weighted by Crippen LogP contribution is -2.55. The number of carboxylic acid groups (broad SMARTS) is 1. The van der Waals surface area contributed by atoms with Gasteiger partial charge in [0.15, 0.2) is 0 Å². The number of aliphatic carboxylic acids is 1. The van der Waals surface area contributed by atoms with E-state index >= 15 is 0 Å². The average molecular weight is 314 g/mol. The zero-order chi connectivity index (χ0) is 15.3. The smallest absolute Gasteiger partial charge is 0.305 e. The van der Waals surface area contributed by atoms with Crippen LogP contribution in [0.5, 0.6) is 0 Å². The third-order valence-corrected chi connectivity index (χ3v) is 5.73. The van der Waals surface area contributed by atoms with Gasteiger partial charge in [-0.25, -0.2) is 0 Å². The van der Waals surface area contributed by atoms with Crippen molar-refractivity contribution in [2.75, 3.05) is 31.1 Å². The van der Waals surface area contributed by atoms with E-state index in [0.717, 1.165) is 50.3 Å². The predicted molar refractivity (Wildman–Crippen MR) is 84.5 cm³/mol. The van der Waals surface area contributed by atoms with Crippen molar-refractivity contribution in [3.63, 3.8) is 0 Å². The summed E-state index contributed by atoms with van der Waals surface area (Å²) in [7, 11) is 0. The third-order valence-electron chi connectivity index (χ3n) is 4.64. The summed E-state index contributed by atoms with van der Waals surface area (Å²) < 4.78 is 0. The molecule has 1 amide bonds. The number of hydrogen-bond donors (Lipinski definition) is 2. The zero-order valence-corrected chi connectivity index (χ0v) is 13.6. The first-order valence-electron chi connectivity index (χ1n) is 7.90. The minimum absolute atomic E-state index is 0.0686. The van der Waals surface area contributed by atoms with E-state index in [4.69, 9.17) is 5.11 Å². The van der Waals surface area contributed by atoms with Crippen LogP contribution in [-0.2, 0) is 9.59 Å². The molecule has 2 aliphatic rings. The van der Waals surface area contributed by atoms with Crippen molar-refractivity contribution < 1.29 is 14.7 Å². The highest BCUT2D eigenvalue weighted by Crippen LogP contribution is 2.38. The highest BCUT2D eigenvalue weighted by atomic mass is 32.2. The van der Waals surface area contributed by atoms with Crippen LogP contribution in [0.3, 0.4) is 0 Å². The Hall–Kier alpha value is -0.750. The normalized spacial score (nSPS) is 25.6. The Morgan fingerprint density at radius 2 is 2.10 bits per heavy atom. The molecule has 2 rings (SSSR count). The molecule has 21 heavy (non-hydrogen) atoms. The van der Waals surface area contributed by atoms with Crippen LogP contribution in [0.4, 0.5) is 0 Å². The Bertz CT molecular complexity index is 378. The summed E-state index contributed by atoms with van der Waals surface area (Å²) in [5.41, 5.74) is -0.265. The number of carboxylic acids is 1. The fraction of sp³-hybridized carbons (Fsp3) is 0.867. The van der Waals surface area contributed by atoms with Crippen LogP contribution in [0.25, 0.3) is 0 Å². The third kappa shape index (κ3) is 3.92. The molecule has 0 aromatic carbocycles. The Balaban J connectivity index is 2.15. The van der Waals surface area contributed by atoms with Crippen molar-refractivity contribution in [1.29, 1.82) is 0 Å². The van der Waals surface area contributed by atoms with E-state index in [1.54, 1.807) is 11.8 Å². The number of hydrogen-bond acceptors (Lipinski definition) is 4. The van der Waals surface area contributed by atoms with Crippen LogP contribution in [0, 0.1) is 5.41 Å². The minimum atomic E-state index is -0.810. The van der Waals surface area contributed by atoms with Gasteiger partial charge in [-0.1, -0.05) is 13.3 Å². The summed E-state index contributed by atoms with van der Waals surface area (Å²) in [6.07, 6.45) is 3.74. The molecule has 2 aliphatic heterocycles. The van der Waals surface area contributed by atoms with Gasteiger partial charge in [0.1, 0.15) is 0 Å². The molecular formula is C15H26N2O3S. The Morgan fingerprint density at radius 3 is 2.71 bits per heavy atom. The number of nitrogens with one attached hydrogen (secondary N) is 1. The van der Waals surface area contributed by atoms with Gasteiger partial charge in [-0.15, -0.1) is 0 Å². The minimum Gasteiger partial charge on any atom is -0.481 e. The second-order valence-corrected chi connectivity index (χ2v) is 7.26. The molecule has 120 valence electrons. The van der Waals surface area contributed by atoms with Crippen molar-refractivity contribution in [2.45, 2.75) is 45.1 Å². The second kappa shape index (κ2) is 7.49. The maximum absolute atomic E-state index is 13.2. The molecule has 0 saturated carbocycles. The van der Waals surface area contributed by atoms with Gasteiger partial charge in [-0.3, -0.25) is 9.59 Å². The van der Waals surface area contributed by atoms with Crippen LogP contribution in [0.1, 0.15) is 39.0 Å². The van der Waals surface area contributed by atoms with Gasteiger partial charge in [0, 0.05) is 18.1 Å². The summed E-state index contributed by atoms with van der Waals surface area (Å²) in [6.45, 7) is 4.59. The second-order valence-electron chi connectivity index (χ2n) is 6.11. The maximum atomic E-state index is 13.2. The van der Waals surface area contributed by atoms with Crippen molar-refractivity contribution in [2.24, 2.45) is 5.41 Å². The van der Waals surface area contributed by atoms with E-state index in [-0.39, 0.29) is 23.8 Å². The summed E-state index contributed by atoms with van der Waals surface area (Å²) >= 11 is 1.76. The molecule has 0 spiro atoms. The Morgan fingerprint density at radius 1 is 1.38 bits per heavy atom. The number of carbonyl (C=O) groups excluding carboxylic acids is 1. The largest absolute Gasteiger partial charge is 0.481 e. The predicted octanol–water partition coefficient (Wildman–Crippen LogP) is 1.58. The van der Waals surface area contributed by atoms with E-state index in [1.165, 1.54) is 0 Å². The fourth-order valence-electron chi connectivity index (χ4n) is 3.55. The Kier molecular flexibility index (Phi) is 5.93. The van der Waals surface area contributed by atoms with E-state index in [0.29, 0.717) is 6.54 Å². The molecule has 0 aromatic heterocycles. The zero-order valence-electron chi connectivity index (χ0n) is 12.8. The van der Waals surface area contributed by atoms with Gasteiger partial charge in [0.05, 0.1) is 17.9 Å². The van der Waals surface area contributed by atoms with E-state index < -0.39 is 5.97 Å². The molecule has 0 bridgehead atoms. The van der Waals surface area contributed by atoms with Gasteiger partial charge in [0.25, 0.3) is 0 Å². The Labute approximate surface area is 130 Å². The molecule has 5 nitrogen and oxygen atoms in total. The van der Waals surface area contributed by atoms with Crippen molar-refractivity contribution >= 4 is 23.6 Å². The molecule has 1 unspecified atom stereocenters. The van der Waals surface area contributed by atoms with Crippen LogP contribution in [-0.4, -0.2) is 59.1 Å². The first-order valence-corrected chi connectivity index (χ1v) is 9.06. The van der Waals surface area contributed by atoms with E-state index in [1.807, 2.05) is 4.90 Å². The molecule has 6 heteroatoms. The van der Waals surface area contributed by atoms with Gasteiger partial charge < -0.3 is 15.3 Å². The van der Waals surface area contributed by atoms with Crippen LogP contribution in [0.15, 0.2) is 0 Å². The summed E-state index contributed by atoms with van der Waals surface area (Å²) in [5, 5.41) is 12.4. The molecule has 2 saturated heterocycles. The van der Waals surface area contributed by atoms with Crippen LogP contribution in [0.2, 0.25) is 0 Å². The summed E-state index contributed by atoms with van der Waals surface area (Å²) in [6, 6.07) is -0.141. The van der Waals surface area contributed by atoms with Gasteiger partial charge in [-0.05, 0) is 32.4 Å². The van der Waals surface area contributed by atoms with Crippen molar-refractivity contribution in [3.8, 4) is 0 Å². The monoisotopic (exact) mass is 314 g/mol. The lowest BCUT2D eigenvalue weighted by atomic mass is 9.74. The summed E-state index contributed by atoms with van der Waals surface area (Å²) in [4.78, 5) is 26.1. The standard InChI is InChI=1S/C15H26N2O3S/c1-2-3-15(4-6-16-7-5-15)14(20)17-8-9-21-11-12(17)10-13(18)19/h12,16H,2-11H2,1H3,(H,18,19). The van der Waals surface area contributed by atoms with Gasteiger partial charge in [-0.2, -0.15) is 11.8 Å². The molecule has 0 aliphatic carbocycles. The van der Waals surface area contributed by atoms with Gasteiger partial charge >= 0.3 is 5.97 Å². The number of piperidine rings is 1. The molecule has 2 heterocycles. The number of rotatable bonds is 5. The fourth-order valence-corrected chi connectivity index (χ4v) is 4.61. The summed E-state index contributed by atoms with van der Waals surface area (Å²) in [5.74, 6) is 1.06. The van der Waals surface area contributed by atoms with Crippen LogP contribution < -0.4 is 5.32 Å². The van der Waals surface area contributed by atoms with Gasteiger partial charge in [0.2, 0.25) is 5.91 Å². The first kappa shape index (κ1) is 16.6. The van der Waals surface area contributed by atoms with E-state index in [9.17, 15) is 9.59 Å². The molecule has 2 N–H and O–H groups in total. The number of carbonyl (C=O) groups is 2. The number of amides is 1. The maximum Gasteiger partial charge on any atom is 0.305 e. The molecule has 0 aromatic rings. The topological polar surface area (TPSA) is 69.6 Å². The first-order chi connectivity index (χ1) is 10.1. The highest BCUT2D eigenvalue weighted by Gasteiger charge is 2.43. The molecule has 2 fully saturated rings. The molecule has 1 atom stereocenters. The molecular weight excluding hydrogens is 288 g/mol. The molecule has 0 radical (unpaired) electrons. The lowest BCUT2D eigenvalue weighted by Gasteiger charge is -2.44. The quantitative estimate of drug-likeness (QED) is 0.806.